The molecule has 128 valence electrons. The van der Waals surface area contributed by atoms with E-state index in [1.54, 1.807) is 6.92 Å². The van der Waals surface area contributed by atoms with Crippen molar-refractivity contribution < 1.29 is 23.6 Å². The summed E-state index contributed by atoms with van der Waals surface area (Å²) in [5.41, 5.74) is 0.0669. The van der Waals surface area contributed by atoms with Gasteiger partial charge in [-0.1, -0.05) is 22.8 Å². The number of amides is 1. The fourth-order valence-corrected chi connectivity index (χ4v) is 2.56. The smallest absolute Gasteiger partial charge is 0.305 e. The molecule has 1 aromatic heterocycles. The van der Waals surface area contributed by atoms with Gasteiger partial charge in [-0.25, -0.2) is 4.39 Å². The molecule has 0 aliphatic heterocycles. The Labute approximate surface area is 142 Å². The van der Waals surface area contributed by atoms with Crippen molar-refractivity contribution in [2.24, 2.45) is 0 Å². The van der Waals surface area contributed by atoms with Gasteiger partial charge in [-0.05, 0) is 26.0 Å². The van der Waals surface area contributed by atoms with E-state index in [2.05, 4.69) is 5.16 Å². The van der Waals surface area contributed by atoms with Crippen molar-refractivity contribution in [1.82, 2.24) is 10.1 Å². The predicted octanol–water partition coefficient (Wildman–Crippen LogP) is 3.38. The van der Waals surface area contributed by atoms with Crippen LogP contribution in [0.2, 0.25) is 5.02 Å². The molecule has 2 rings (SSSR count). The van der Waals surface area contributed by atoms with Gasteiger partial charge in [-0.3, -0.25) is 9.59 Å². The lowest BCUT2D eigenvalue weighted by Crippen LogP contribution is -2.33. The SMILES string of the molecule is CCN(CCC(=O)O)C(=O)c1c(-c2c(F)cccc2Cl)noc1C. The Bertz CT molecular complexity index is 755. The first kappa shape index (κ1) is 17.9. The fraction of sp³-hybridized carbons (Fsp3) is 0.312. The van der Waals surface area contributed by atoms with Crippen molar-refractivity contribution in [1.29, 1.82) is 0 Å². The molecule has 1 N–H and O–H groups in total. The fourth-order valence-electron chi connectivity index (χ4n) is 2.31. The Morgan fingerprint density at radius 2 is 2.12 bits per heavy atom. The molecular weight excluding hydrogens is 339 g/mol. The molecule has 0 atom stereocenters. The van der Waals surface area contributed by atoms with Crippen LogP contribution in [0.4, 0.5) is 4.39 Å². The quantitative estimate of drug-likeness (QED) is 0.859. The van der Waals surface area contributed by atoms with Crippen molar-refractivity contribution in [3.05, 3.63) is 40.4 Å². The van der Waals surface area contributed by atoms with E-state index >= 15 is 0 Å². The number of aliphatic carboxylic acids is 1. The lowest BCUT2D eigenvalue weighted by molar-refractivity contribution is -0.137. The second-order valence-corrected chi connectivity index (χ2v) is 5.49. The minimum absolute atomic E-state index is 0.00868. The number of carbonyl (C=O) groups excluding carboxylic acids is 1. The number of benzene rings is 1. The highest BCUT2D eigenvalue weighted by molar-refractivity contribution is 6.33. The lowest BCUT2D eigenvalue weighted by atomic mass is 10.0. The second-order valence-electron chi connectivity index (χ2n) is 5.09. The summed E-state index contributed by atoms with van der Waals surface area (Å²) < 4.78 is 19.2. The average Bonchev–Trinajstić information content (AvgIpc) is 2.88. The molecule has 0 saturated carbocycles. The molecule has 8 heteroatoms. The number of aryl methyl sites for hydroxylation is 1. The summed E-state index contributed by atoms with van der Waals surface area (Å²) in [5.74, 6) is -1.91. The van der Waals surface area contributed by atoms with Gasteiger partial charge in [0.1, 0.15) is 22.8 Å². The van der Waals surface area contributed by atoms with Crippen LogP contribution >= 0.6 is 11.6 Å². The number of carbonyl (C=O) groups is 2. The highest BCUT2D eigenvalue weighted by atomic mass is 35.5. The van der Waals surface area contributed by atoms with Crippen LogP contribution in [-0.4, -0.2) is 40.1 Å². The lowest BCUT2D eigenvalue weighted by Gasteiger charge is -2.20. The maximum Gasteiger partial charge on any atom is 0.305 e. The van der Waals surface area contributed by atoms with Gasteiger partial charge in [-0.15, -0.1) is 0 Å². The summed E-state index contributed by atoms with van der Waals surface area (Å²) in [4.78, 5) is 24.8. The highest BCUT2D eigenvalue weighted by Gasteiger charge is 2.28. The maximum absolute atomic E-state index is 14.2. The van der Waals surface area contributed by atoms with E-state index in [9.17, 15) is 14.0 Å². The van der Waals surface area contributed by atoms with Crippen molar-refractivity contribution in [3.8, 4) is 11.3 Å². The minimum Gasteiger partial charge on any atom is -0.481 e. The van der Waals surface area contributed by atoms with Crippen molar-refractivity contribution in [2.75, 3.05) is 13.1 Å². The first-order valence-electron chi connectivity index (χ1n) is 7.28. The Balaban J connectivity index is 2.46. The van der Waals surface area contributed by atoms with Gasteiger partial charge in [0.15, 0.2) is 0 Å². The van der Waals surface area contributed by atoms with E-state index in [1.807, 2.05) is 0 Å². The number of aromatic nitrogens is 1. The van der Waals surface area contributed by atoms with Crippen LogP contribution in [0.15, 0.2) is 22.7 Å². The maximum atomic E-state index is 14.2. The van der Waals surface area contributed by atoms with E-state index in [4.69, 9.17) is 21.2 Å². The summed E-state index contributed by atoms with van der Waals surface area (Å²) in [6.07, 6.45) is -0.195. The zero-order valence-electron chi connectivity index (χ0n) is 13.2. The zero-order chi connectivity index (χ0) is 17.9. The number of carboxylic acid groups (broad SMARTS) is 1. The van der Waals surface area contributed by atoms with E-state index in [-0.39, 0.29) is 40.6 Å². The van der Waals surface area contributed by atoms with E-state index in [0.717, 1.165) is 0 Å². The number of rotatable bonds is 6. The molecule has 1 amide bonds. The molecule has 0 spiro atoms. The van der Waals surface area contributed by atoms with Crippen LogP contribution in [0.5, 0.6) is 0 Å². The molecule has 1 heterocycles. The third-order valence-electron chi connectivity index (χ3n) is 3.54. The monoisotopic (exact) mass is 354 g/mol. The molecule has 6 nitrogen and oxygen atoms in total. The van der Waals surface area contributed by atoms with Crippen LogP contribution in [0, 0.1) is 12.7 Å². The molecule has 24 heavy (non-hydrogen) atoms. The Hall–Kier alpha value is -2.41. The van der Waals surface area contributed by atoms with Gasteiger partial charge in [-0.2, -0.15) is 0 Å². The van der Waals surface area contributed by atoms with Gasteiger partial charge in [0.2, 0.25) is 0 Å². The Morgan fingerprint density at radius 1 is 1.42 bits per heavy atom. The topological polar surface area (TPSA) is 83.6 Å². The van der Waals surface area contributed by atoms with Gasteiger partial charge < -0.3 is 14.5 Å². The third kappa shape index (κ3) is 3.56. The molecule has 0 fully saturated rings. The molecular formula is C16H16ClFN2O4. The molecule has 0 radical (unpaired) electrons. The van der Waals surface area contributed by atoms with E-state index in [0.29, 0.717) is 6.54 Å². The van der Waals surface area contributed by atoms with E-state index < -0.39 is 17.7 Å². The van der Waals surface area contributed by atoms with Crippen LogP contribution in [0.1, 0.15) is 29.5 Å². The summed E-state index contributed by atoms with van der Waals surface area (Å²) in [6, 6.07) is 4.14. The molecule has 1 aromatic carbocycles. The van der Waals surface area contributed by atoms with Crippen LogP contribution in [0.25, 0.3) is 11.3 Å². The van der Waals surface area contributed by atoms with Crippen LogP contribution in [-0.2, 0) is 4.79 Å². The number of carboxylic acids is 1. The van der Waals surface area contributed by atoms with Crippen molar-refractivity contribution in [2.45, 2.75) is 20.3 Å². The number of nitrogens with zero attached hydrogens (tertiary/aromatic N) is 2. The number of hydrogen-bond acceptors (Lipinski definition) is 4. The minimum atomic E-state index is -1.01. The van der Waals surface area contributed by atoms with Crippen LogP contribution < -0.4 is 0 Å². The summed E-state index contributed by atoms with van der Waals surface area (Å²) in [7, 11) is 0. The van der Waals surface area contributed by atoms with Crippen molar-refractivity contribution in [3.63, 3.8) is 0 Å². The largest absolute Gasteiger partial charge is 0.481 e. The van der Waals surface area contributed by atoms with Gasteiger partial charge in [0.25, 0.3) is 5.91 Å². The number of hydrogen-bond donors (Lipinski definition) is 1. The molecule has 0 aliphatic carbocycles. The van der Waals surface area contributed by atoms with Crippen LogP contribution in [0.3, 0.4) is 0 Å². The molecule has 0 saturated heterocycles. The summed E-state index contributed by atoms with van der Waals surface area (Å²) in [6.45, 7) is 3.57. The van der Waals surface area contributed by atoms with Gasteiger partial charge >= 0.3 is 5.97 Å². The second kappa shape index (κ2) is 7.44. The van der Waals surface area contributed by atoms with Gasteiger partial charge in [0.05, 0.1) is 17.0 Å². The first-order chi connectivity index (χ1) is 11.4. The third-order valence-corrected chi connectivity index (χ3v) is 3.86. The molecule has 0 aliphatic rings. The summed E-state index contributed by atoms with van der Waals surface area (Å²) >= 11 is 6.04. The average molecular weight is 355 g/mol. The Morgan fingerprint density at radius 3 is 2.71 bits per heavy atom. The Kier molecular flexibility index (Phi) is 5.56. The van der Waals surface area contributed by atoms with Gasteiger partial charge in [0, 0.05) is 13.1 Å². The summed E-state index contributed by atoms with van der Waals surface area (Å²) in [5, 5.41) is 12.7. The zero-order valence-corrected chi connectivity index (χ0v) is 13.9. The molecule has 0 bridgehead atoms. The number of halogens is 2. The van der Waals surface area contributed by atoms with Crippen molar-refractivity contribution >= 4 is 23.5 Å². The van der Waals surface area contributed by atoms with E-state index in [1.165, 1.54) is 30.0 Å². The first-order valence-corrected chi connectivity index (χ1v) is 7.66. The predicted molar refractivity (Wildman–Crippen MR) is 85.5 cm³/mol. The molecule has 0 unspecified atom stereocenters. The normalized spacial score (nSPS) is 10.7. The molecule has 2 aromatic rings. The highest BCUT2D eigenvalue weighted by Crippen LogP contribution is 2.34. The standard InChI is InChI=1S/C16H16ClFN2O4/c1-3-20(8-7-12(21)22)16(23)13-9(2)24-19-15(13)14-10(17)5-4-6-11(14)18/h4-6H,3,7-8H2,1-2H3,(H,21,22).